The zero-order valence-corrected chi connectivity index (χ0v) is 21.5. The lowest BCUT2D eigenvalue weighted by Crippen LogP contribution is -2.14. The Hall–Kier alpha value is -0.930. The number of unbranched alkanes of at least 4 members (excludes halogenated alkanes) is 2. The molecule has 0 atom stereocenters. The van der Waals surface area contributed by atoms with Crippen LogP contribution >= 0.6 is 23.5 Å². The third-order valence-corrected chi connectivity index (χ3v) is 10.9. The molecule has 1 heterocycles. The molecule has 2 aromatic carbocycles. The molecule has 0 unspecified atom stereocenters. The summed E-state index contributed by atoms with van der Waals surface area (Å²) in [6.07, 6.45) is 11.7. The monoisotopic (exact) mass is 470 g/mol. The standard InChI is InChI=1S/C29H39FS2/c1-3-5-6-7-22-19-31-29(32-20-22)25-14-12-24(13-15-25)27-17-16-26(18-28(27)30)23-10-8-21(4-2)9-11-23/h12-18,21-23,29H,3-11,19-20H2,1-2H3/t21-,22?,23-,29?. The van der Waals surface area contributed by atoms with Crippen LogP contribution in [0.3, 0.4) is 0 Å². The molecule has 2 fully saturated rings. The predicted molar refractivity (Wildman–Crippen MR) is 142 cm³/mol. The van der Waals surface area contributed by atoms with Crippen molar-refractivity contribution < 1.29 is 4.39 Å². The maximum atomic E-state index is 15.1. The summed E-state index contributed by atoms with van der Waals surface area (Å²) in [6, 6.07) is 14.7. The zero-order chi connectivity index (χ0) is 22.3. The summed E-state index contributed by atoms with van der Waals surface area (Å²) in [7, 11) is 0. The van der Waals surface area contributed by atoms with E-state index in [4.69, 9.17) is 0 Å². The first-order valence-electron chi connectivity index (χ1n) is 12.8. The van der Waals surface area contributed by atoms with Gasteiger partial charge in [0.25, 0.3) is 0 Å². The number of hydrogen-bond acceptors (Lipinski definition) is 2. The first-order chi connectivity index (χ1) is 15.7. The van der Waals surface area contributed by atoms with Gasteiger partial charge in [-0.15, -0.1) is 23.5 Å². The van der Waals surface area contributed by atoms with Crippen molar-refractivity contribution in [2.24, 2.45) is 11.8 Å². The van der Waals surface area contributed by atoms with Gasteiger partial charge in [0, 0.05) is 5.56 Å². The topological polar surface area (TPSA) is 0 Å². The van der Waals surface area contributed by atoms with Crippen LogP contribution in [0, 0.1) is 17.7 Å². The van der Waals surface area contributed by atoms with Crippen LogP contribution in [0.15, 0.2) is 42.5 Å². The maximum Gasteiger partial charge on any atom is 0.131 e. The Morgan fingerprint density at radius 3 is 2.12 bits per heavy atom. The van der Waals surface area contributed by atoms with Crippen molar-refractivity contribution in [2.45, 2.75) is 82.1 Å². The second-order valence-electron chi connectivity index (χ2n) is 9.85. The fourth-order valence-corrected chi connectivity index (χ4v) is 8.50. The molecule has 2 aliphatic rings. The Morgan fingerprint density at radius 2 is 1.50 bits per heavy atom. The van der Waals surface area contributed by atoms with Gasteiger partial charge in [-0.05, 0) is 84.1 Å². The first kappa shape index (κ1) is 24.2. The first-order valence-corrected chi connectivity index (χ1v) is 14.9. The Kier molecular flexibility index (Phi) is 9.06. The largest absolute Gasteiger partial charge is 0.206 e. The van der Waals surface area contributed by atoms with E-state index in [1.807, 2.05) is 12.1 Å². The molecule has 1 saturated carbocycles. The number of halogens is 1. The van der Waals surface area contributed by atoms with Crippen molar-refractivity contribution in [3.8, 4) is 11.1 Å². The van der Waals surface area contributed by atoms with Crippen LogP contribution < -0.4 is 0 Å². The summed E-state index contributed by atoms with van der Waals surface area (Å²) in [5.41, 5.74) is 4.31. The molecule has 174 valence electrons. The molecule has 4 rings (SSSR count). The number of benzene rings is 2. The summed E-state index contributed by atoms with van der Waals surface area (Å²) in [5.74, 6) is 4.77. The molecule has 1 aliphatic heterocycles. The van der Waals surface area contributed by atoms with Gasteiger partial charge in [-0.2, -0.15) is 0 Å². The Labute approximate surface area is 203 Å². The van der Waals surface area contributed by atoms with E-state index >= 15 is 4.39 Å². The van der Waals surface area contributed by atoms with Gasteiger partial charge in [-0.3, -0.25) is 0 Å². The Morgan fingerprint density at radius 1 is 0.812 bits per heavy atom. The molecular weight excluding hydrogens is 431 g/mol. The van der Waals surface area contributed by atoms with E-state index in [2.05, 4.69) is 67.7 Å². The van der Waals surface area contributed by atoms with E-state index in [9.17, 15) is 0 Å². The van der Waals surface area contributed by atoms with Crippen LogP contribution in [0.2, 0.25) is 0 Å². The van der Waals surface area contributed by atoms with E-state index in [1.165, 1.54) is 80.4 Å². The van der Waals surface area contributed by atoms with Crippen molar-refractivity contribution in [3.05, 3.63) is 59.4 Å². The summed E-state index contributed by atoms with van der Waals surface area (Å²) >= 11 is 4.19. The molecule has 32 heavy (non-hydrogen) atoms. The second-order valence-corrected chi connectivity index (χ2v) is 12.4. The lowest BCUT2D eigenvalue weighted by molar-refractivity contribution is 0.318. The molecule has 0 aromatic heterocycles. The normalized spacial score (nSPS) is 26.2. The zero-order valence-electron chi connectivity index (χ0n) is 19.8. The third kappa shape index (κ3) is 6.14. The van der Waals surface area contributed by atoms with Gasteiger partial charge >= 0.3 is 0 Å². The van der Waals surface area contributed by atoms with Crippen LogP contribution in [-0.2, 0) is 0 Å². The minimum Gasteiger partial charge on any atom is -0.206 e. The van der Waals surface area contributed by atoms with E-state index in [0.717, 1.165) is 23.0 Å². The van der Waals surface area contributed by atoms with Gasteiger partial charge in [0.1, 0.15) is 5.82 Å². The van der Waals surface area contributed by atoms with Gasteiger partial charge < -0.3 is 0 Å². The highest BCUT2D eigenvalue weighted by Crippen LogP contribution is 2.46. The van der Waals surface area contributed by atoms with E-state index in [-0.39, 0.29) is 5.82 Å². The summed E-state index contributed by atoms with van der Waals surface area (Å²) in [6.45, 7) is 4.57. The molecule has 0 bridgehead atoms. The van der Waals surface area contributed by atoms with Crippen molar-refractivity contribution in [1.29, 1.82) is 0 Å². The van der Waals surface area contributed by atoms with Gasteiger partial charge in [0.05, 0.1) is 4.58 Å². The molecule has 1 saturated heterocycles. The molecular formula is C29H39FS2. The minimum absolute atomic E-state index is 0.0656. The Balaban J connectivity index is 1.35. The molecule has 0 amide bonds. The number of rotatable bonds is 8. The van der Waals surface area contributed by atoms with Crippen molar-refractivity contribution in [2.75, 3.05) is 11.5 Å². The summed E-state index contributed by atoms with van der Waals surface area (Å²) in [5, 5.41) is 0. The lowest BCUT2D eigenvalue weighted by atomic mass is 9.77. The summed E-state index contributed by atoms with van der Waals surface area (Å²) < 4.78 is 15.6. The fraction of sp³-hybridized carbons (Fsp3) is 0.586. The second kappa shape index (κ2) is 12.0. The van der Waals surface area contributed by atoms with Crippen molar-refractivity contribution in [3.63, 3.8) is 0 Å². The minimum atomic E-state index is -0.0656. The van der Waals surface area contributed by atoms with E-state index in [1.54, 1.807) is 0 Å². The maximum absolute atomic E-state index is 15.1. The smallest absolute Gasteiger partial charge is 0.131 e. The van der Waals surface area contributed by atoms with Crippen LogP contribution in [0.25, 0.3) is 11.1 Å². The molecule has 0 N–H and O–H groups in total. The van der Waals surface area contributed by atoms with Crippen LogP contribution in [0.1, 0.15) is 93.3 Å². The number of hydrogen-bond donors (Lipinski definition) is 0. The number of thioether (sulfide) groups is 2. The predicted octanol–water partition coefficient (Wildman–Crippen LogP) is 9.85. The van der Waals surface area contributed by atoms with Crippen molar-refractivity contribution in [1.82, 2.24) is 0 Å². The fourth-order valence-electron chi connectivity index (χ4n) is 5.33. The van der Waals surface area contributed by atoms with Crippen LogP contribution in [-0.4, -0.2) is 11.5 Å². The molecule has 0 radical (unpaired) electrons. The lowest BCUT2D eigenvalue weighted by Gasteiger charge is -2.28. The highest BCUT2D eigenvalue weighted by molar-refractivity contribution is 8.16. The molecule has 0 spiro atoms. The quantitative estimate of drug-likeness (QED) is 0.352. The van der Waals surface area contributed by atoms with Gasteiger partial charge in [0.2, 0.25) is 0 Å². The SMILES string of the molecule is CCCCCC1CSC(c2ccc(-c3ccc([C@H]4CC[C@H](CC)CC4)cc3F)cc2)SC1. The third-order valence-electron chi connectivity index (χ3n) is 7.57. The summed E-state index contributed by atoms with van der Waals surface area (Å²) in [4.78, 5) is 0. The highest BCUT2D eigenvalue weighted by atomic mass is 32.2. The molecule has 1 aliphatic carbocycles. The van der Waals surface area contributed by atoms with Gasteiger partial charge in [-0.1, -0.05) is 75.9 Å². The van der Waals surface area contributed by atoms with Crippen LogP contribution in [0.4, 0.5) is 4.39 Å². The Bertz CT molecular complexity index is 831. The van der Waals surface area contributed by atoms with Crippen LogP contribution in [0.5, 0.6) is 0 Å². The van der Waals surface area contributed by atoms with E-state index < -0.39 is 0 Å². The average molecular weight is 471 g/mol. The average Bonchev–Trinajstić information content (AvgIpc) is 2.85. The van der Waals surface area contributed by atoms with Gasteiger partial charge in [0.15, 0.2) is 0 Å². The molecule has 2 aromatic rings. The highest BCUT2D eigenvalue weighted by Gasteiger charge is 2.24. The molecule has 3 heteroatoms. The van der Waals surface area contributed by atoms with Crippen molar-refractivity contribution >= 4 is 23.5 Å². The molecule has 0 nitrogen and oxygen atoms in total. The van der Waals surface area contributed by atoms with E-state index in [0.29, 0.717) is 10.5 Å². The van der Waals surface area contributed by atoms with Gasteiger partial charge in [-0.25, -0.2) is 4.39 Å².